The van der Waals surface area contributed by atoms with Gasteiger partial charge in [-0.2, -0.15) is 10.4 Å². The van der Waals surface area contributed by atoms with Gasteiger partial charge in [0, 0.05) is 38.9 Å². The zero-order chi connectivity index (χ0) is 17.3. The fourth-order valence-electron chi connectivity index (χ4n) is 2.80. The Balaban J connectivity index is 1.92. The maximum atomic E-state index is 11.2. The Morgan fingerprint density at radius 3 is 2.79 bits per heavy atom. The lowest BCUT2D eigenvalue weighted by Crippen LogP contribution is -2.54. The third kappa shape index (κ3) is 2.86. The number of hydrogen-bond donors (Lipinski definition) is 1. The molecule has 2 aromatic rings. The summed E-state index contributed by atoms with van der Waals surface area (Å²) in [5, 5.41) is 22.6. The zero-order valence-corrected chi connectivity index (χ0v) is 13.4. The van der Waals surface area contributed by atoms with Gasteiger partial charge in [-0.3, -0.25) is 4.68 Å². The Bertz CT molecular complexity index is 810. The molecular weight excluding hydrogens is 310 g/mol. The highest BCUT2D eigenvalue weighted by Gasteiger charge is 2.29. The first-order chi connectivity index (χ1) is 11.5. The van der Waals surface area contributed by atoms with Crippen LogP contribution in [0.2, 0.25) is 0 Å². The van der Waals surface area contributed by atoms with E-state index in [9.17, 15) is 15.2 Å². The Kier molecular flexibility index (Phi) is 4.04. The van der Waals surface area contributed by atoms with Crippen molar-refractivity contribution in [2.45, 2.75) is 13.0 Å². The van der Waals surface area contributed by atoms with Gasteiger partial charge in [0.2, 0.25) is 0 Å². The van der Waals surface area contributed by atoms with E-state index < -0.39 is 6.09 Å². The molecule has 1 unspecified atom stereocenters. The molecule has 3 heterocycles. The number of rotatable bonds is 2. The van der Waals surface area contributed by atoms with Crippen LogP contribution in [0.25, 0.3) is 11.4 Å². The van der Waals surface area contributed by atoms with Crippen molar-refractivity contribution >= 4 is 11.9 Å². The van der Waals surface area contributed by atoms with Crippen molar-refractivity contribution in [1.29, 1.82) is 5.26 Å². The molecule has 1 atom stereocenters. The van der Waals surface area contributed by atoms with Crippen LogP contribution < -0.4 is 4.90 Å². The predicted molar refractivity (Wildman–Crippen MR) is 85.4 cm³/mol. The van der Waals surface area contributed by atoms with Crippen LogP contribution in [0.15, 0.2) is 18.6 Å². The number of aryl methyl sites for hydroxylation is 1. The smallest absolute Gasteiger partial charge is 0.407 e. The number of anilines is 1. The molecule has 0 aliphatic carbocycles. The second-order valence-corrected chi connectivity index (χ2v) is 5.72. The van der Waals surface area contributed by atoms with E-state index in [1.54, 1.807) is 24.1 Å². The molecule has 9 heteroatoms. The lowest BCUT2D eigenvalue weighted by molar-refractivity contribution is 0.122. The van der Waals surface area contributed by atoms with E-state index in [1.807, 2.05) is 11.8 Å². The number of carbonyl (C=O) groups is 1. The molecular formula is C15H17N7O2. The Morgan fingerprint density at radius 1 is 1.42 bits per heavy atom. The summed E-state index contributed by atoms with van der Waals surface area (Å²) in [6.45, 7) is 3.17. The van der Waals surface area contributed by atoms with Gasteiger partial charge in [0.25, 0.3) is 0 Å². The number of hydrogen-bond acceptors (Lipinski definition) is 6. The van der Waals surface area contributed by atoms with Crippen molar-refractivity contribution < 1.29 is 9.90 Å². The summed E-state index contributed by atoms with van der Waals surface area (Å²) in [6, 6.07) is 1.93. The molecule has 0 aromatic carbocycles. The number of aromatic nitrogens is 4. The van der Waals surface area contributed by atoms with Gasteiger partial charge in [-0.15, -0.1) is 0 Å². The summed E-state index contributed by atoms with van der Waals surface area (Å²) in [5.41, 5.74) is 1.14. The third-order valence-electron chi connectivity index (χ3n) is 4.02. The predicted octanol–water partition coefficient (Wildman–Crippen LogP) is 0.937. The number of amides is 1. The highest BCUT2D eigenvalue weighted by Crippen LogP contribution is 2.24. The van der Waals surface area contributed by atoms with Crippen molar-refractivity contribution in [2.75, 3.05) is 24.5 Å². The van der Waals surface area contributed by atoms with Crippen molar-refractivity contribution in [3.05, 3.63) is 24.2 Å². The normalized spacial score (nSPS) is 17.6. The second-order valence-electron chi connectivity index (χ2n) is 5.72. The summed E-state index contributed by atoms with van der Waals surface area (Å²) in [7, 11) is 1.81. The van der Waals surface area contributed by atoms with E-state index in [2.05, 4.69) is 21.1 Å². The van der Waals surface area contributed by atoms with E-state index in [-0.39, 0.29) is 6.04 Å². The Hall–Kier alpha value is -3.15. The first-order valence-corrected chi connectivity index (χ1v) is 7.50. The van der Waals surface area contributed by atoms with Gasteiger partial charge in [-0.05, 0) is 6.92 Å². The topological polar surface area (TPSA) is 111 Å². The minimum atomic E-state index is -0.929. The van der Waals surface area contributed by atoms with Crippen LogP contribution >= 0.6 is 0 Å². The van der Waals surface area contributed by atoms with Crippen molar-refractivity contribution in [1.82, 2.24) is 24.6 Å². The number of carboxylic acid groups (broad SMARTS) is 1. The monoisotopic (exact) mass is 327 g/mol. The molecule has 124 valence electrons. The Labute approximate surface area is 138 Å². The molecule has 1 aliphatic rings. The molecule has 1 N–H and O–H groups in total. The van der Waals surface area contributed by atoms with E-state index in [4.69, 9.17) is 0 Å². The van der Waals surface area contributed by atoms with Crippen LogP contribution in [0.4, 0.5) is 10.6 Å². The number of nitrogens with zero attached hydrogens (tertiary/aromatic N) is 7. The molecule has 1 fully saturated rings. The molecule has 1 amide bonds. The van der Waals surface area contributed by atoms with E-state index >= 15 is 0 Å². The lowest BCUT2D eigenvalue weighted by atomic mass is 10.2. The van der Waals surface area contributed by atoms with Crippen LogP contribution in [-0.2, 0) is 7.05 Å². The van der Waals surface area contributed by atoms with Crippen LogP contribution in [0.3, 0.4) is 0 Å². The molecule has 3 rings (SSSR count). The summed E-state index contributed by atoms with van der Waals surface area (Å²) in [6.07, 6.45) is 4.03. The first kappa shape index (κ1) is 15.7. The largest absolute Gasteiger partial charge is 0.465 e. The molecule has 0 radical (unpaired) electrons. The maximum Gasteiger partial charge on any atom is 0.407 e. The molecule has 24 heavy (non-hydrogen) atoms. The lowest BCUT2D eigenvalue weighted by Gasteiger charge is -2.39. The molecule has 1 saturated heterocycles. The van der Waals surface area contributed by atoms with Crippen molar-refractivity contribution in [3.63, 3.8) is 0 Å². The minimum Gasteiger partial charge on any atom is -0.465 e. The average molecular weight is 327 g/mol. The van der Waals surface area contributed by atoms with Gasteiger partial charge in [-0.1, -0.05) is 0 Å². The van der Waals surface area contributed by atoms with E-state index in [0.29, 0.717) is 36.8 Å². The SMILES string of the molecule is CC1CN(c2nc(-c3cnn(C)c3)ncc2C#N)CCN1C(=O)O. The summed E-state index contributed by atoms with van der Waals surface area (Å²) >= 11 is 0. The van der Waals surface area contributed by atoms with E-state index in [1.165, 1.54) is 11.1 Å². The summed E-state index contributed by atoms with van der Waals surface area (Å²) in [4.78, 5) is 23.3. The zero-order valence-electron chi connectivity index (χ0n) is 13.4. The van der Waals surface area contributed by atoms with Crippen LogP contribution in [-0.4, -0.2) is 61.5 Å². The molecule has 1 aliphatic heterocycles. The quantitative estimate of drug-likeness (QED) is 0.873. The van der Waals surface area contributed by atoms with Crippen LogP contribution in [0.1, 0.15) is 12.5 Å². The standard InChI is InChI=1S/C15H17N7O2/c1-10-8-21(3-4-22(10)15(23)24)14-11(5-16)6-17-13(19-14)12-7-18-20(2)9-12/h6-7,9-10H,3-4,8H2,1-2H3,(H,23,24). The fraction of sp³-hybridized carbons (Fsp3) is 0.400. The summed E-state index contributed by atoms with van der Waals surface area (Å²) in [5.74, 6) is 1.02. The average Bonchev–Trinajstić information content (AvgIpc) is 3.00. The van der Waals surface area contributed by atoms with Gasteiger partial charge in [0.1, 0.15) is 11.6 Å². The van der Waals surface area contributed by atoms with E-state index in [0.717, 1.165) is 5.56 Å². The molecule has 0 spiro atoms. The molecule has 0 saturated carbocycles. The van der Waals surface area contributed by atoms with Gasteiger partial charge in [-0.25, -0.2) is 14.8 Å². The van der Waals surface area contributed by atoms with Crippen molar-refractivity contribution in [3.8, 4) is 17.5 Å². The molecule has 2 aromatic heterocycles. The number of piperazine rings is 1. The summed E-state index contributed by atoms with van der Waals surface area (Å²) < 4.78 is 1.66. The molecule has 9 nitrogen and oxygen atoms in total. The fourth-order valence-corrected chi connectivity index (χ4v) is 2.80. The first-order valence-electron chi connectivity index (χ1n) is 7.50. The highest BCUT2D eigenvalue weighted by atomic mass is 16.4. The van der Waals surface area contributed by atoms with Crippen LogP contribution in [0, 0.1) is 11.3 Å². The van der Waals surface area contributed by atoms with Crippen molar-refractivity contribution in [2.24, 2.45) is 7.05 Å². The highest BCUT2D eigenvalue weighted by molar-refractivity contribution is 5.66. The molecule has 0 bridgehead atoms. The van der Waals surface area contributed by atoms with Crippen LogP contribution in [0.5, 0.6) is 0 Å². The number of nitriles is 1. The minimum absolute atomic E-state index is 0.181. The Morgan fingerprint density at radius 2 is 2.21 bits per heavy atom. The van der Waals surface area contributed by atoms with Gasteiger partial charge < -0.3 is 14.9 Å². The maximum absolute atomic E-state index is 11.2. The van der Waals surface area contributed by atoms with Gasteiger partial charge >= 0.3 is 6.09 Å². The second kappa shape index (κ2) is 6.16. The van der Waals surface area contributed by atoms with Gasteiger partial charge in [0.15, 0.2) is 11.6 Å². The van der Waals surface area contributed by atoms with Gasteiger partial charge in [0.05, 0.1) is 18.0 Å². The third-order valence-corrected chi connectivity index (χ3v) is 4.02.